The first-order valence-electron chi connectivity index (χ1n) is 9.48. The Morgan fingerprint density at radius 3 is 2.56 bits per heavy atom. The SMILES string of the molecule is CN1CCC(NC(=O)N2c3ccccc3NCC2c2ccc(F)cc2)CC1. The molecule has 4 rings (SSSR count). The second kappa shape index (κ2) is 7.56. The molecule has 0 radical (unpaired) electrons. The average Bonchev–Trinajstić information content (AvgIpc) is 2.69. The van der Waals surface area contributed by atoms with Crippen LogP contribution in [0.5, 0.6) is 0 Å². The van der Waals surface area contributed by atoms with Gasteiger partial charge in [0.2, 0.25) is 0 Å². The Labute approximate surface area is 159 Å². The Kier molecular flexibility index (Phi) is 4.99. The lowest BCUT2D eigenvalue weighted by Crippen LogP contribution is -2.52. The van der Waals surface area contributed by atoms with Gasteiger partial charge in [-0.1, -0.05) is 24.3 Å². The number of urea groups is 1. The fourth-order valence-electron chi connectivity index (χ4n) is 3.90. The molecule has 0 spiro atoms. The van der Waals surface area contributed by atoms with Crippen LogP contribution in [0.25, 0.3) is 0 Å². The third kappa shape index (κ3) is 3.76. The lowest BCUT2D eigenvalue weighted by Gasteiger charge is -2.39. The van der Waals surface area contributed by atoms with Gasteiger partial charge in [0, 0.05) is 12.6 Å². The van der Waals surface area contributed by atoms with Crippen LogP contribution in [0.3, 0.4) is 0 Å². The predicted molar refractivity (Wildman–Crippen MR) is 106 cm³/mol. The zero-order valence-electron chi connectivity index (χ0n) is 15.5. The molecule has 142 valence electrons. The van der Waals surface area contributed by atoms with Gasteiger partial charge < -0.3 is 15.5 Å². The highest BCUT2D eigenvalue weighted by Crippen LogP contribution is 2.37. The van der Waals surface area contributed by atoms with Gasteiger partial charge in [0.25, 0.3) is 0 Å². The molecule has 1 unspecified atom stereocenters. The number of benzene rings is 2. The quantitative estimate of drug-likeness (QED) is 0.851. The summed E-state index contributed by atoms with van der Waals surface area (Å²) in [5.41, 5.74) is 2.70. The minimum absolute atomic E-state index is 0.0900. The summed E-state index contributed by atoms with van der Waals surface area (Å²) in [4.78, 5) is 17.4. The molecule has 1 saturated heterocycles. The zero-order chi connectivity index (χ0) is 18.8. The van der Waals surface area contributed by atoms with Gasteiger partial charge in [-0.3, -0.25) is 4.90 Å². The van der Waals surface area contributed by atoms with E-state index < -0.39 is 0 Å². The number of likely N-dealkylation sites (tertiary alicyclic amines) is 1. The van der Waals surface area contributed by atoms with Gasteiger partial charge >= 0.3 is 6.03 Å². The molecule has 2 aromatic rings. The highest BCUT2D eigenvalue weighted by atomic mass is 19.1. The van der Waals surface area contributed by atoms with E-state index in [-0.39, 0.29) is 23.9 Å². The number of nitrogens with one attached hydrogen (secondary N) is 2. The number of carbonyl (C=O) groups is 1. The van der Waals surface area contributed by atoms with Crippen molar-refractivity contribution in [1.29, 1.82) is 0 Å². The molecule has 2 aliphatic heterocycles. The molecule has 2 amide bonds. The van der Waals surface area contributed by atoms with Gasteiger partial charge in [-0.15, -0.1) is 0 Å². The molecule has 2 N–H and O–H groups in total. The van der Waals surface area contributed by atoms with Crippen molar-refractivity contribution in [1.82, 2.24) is 10.2 Å². The number of piperidine rings is 1. The van der Waals surface area contributed by atoms with Crippen molar-refractivity contribution in [2.45, 2.75) is 24.9 Å². The molecule has 2 aliphatic rings. The van der Waals surface area contributed by atoms with Crippen LogP contribution in [0.4, 0.5) is 20.6 Å². The van der Waals surface area contributed by atoms with E-state index in [0.29, 0.717) is 6.54 Å². The molecule has 2 heterocycles. The second-order valence-electron chi connectivity index (χ2n) is 7.36. The van der Waals surface area contributed by atoms with Crippen LogP contribution in [-0.4, -0.2) is 43.7 Å². The molecule has 6 heteroatoms. The van der Waals surface area contributed by atoms with Crippen LogP contribution >= 0.6 is 0 Å². The van der Waals surface area contributed by atoms with Crippen molar-refractivity contribution < 1.29 is 9.18 Å². The van der Waals surface area contributed by atoms with Crippen molar-refractivity contribution in [3.8, 4) is 0 Å². The Bertz CT molecular complexity index is 802. The third-order valence-electron chi connectivity index (χ3n) is 5.48. The van der Waals surface area contributed by atoms with Crippen LogP contribution in [-0.2, 0) is 0 Å². The summed E-state index contributed by atoms with van der Waals surface area (Å²) in [6.45, 7) is 2.57. The Hall–Kier alpha value is -2.60. The molecular weight excluding hydrogens is 343 g/mol. The number of anilines is 2. The van der Waals surface area contributed by atoms with Gasteiger partial charge in [-0.05, 0) is 62.8 Å². The minimum atomic E-state index is -0.273. The number of amides is 2. The van der Waals surface area contributed by atoms with E-state index in [4.69, 9.17) is 0 Å². The molecule has 0 aliphatic carbocycles. The average molecular weight is 368 g/mol. The van der Waals surface area contributed by atoms with Crippen LogP contribution in [0.15, 0.2) is 48.5 Å². The number of hydrogen-bond donors (Lipinski definition) is 2. The summed E-state index contributed by atoms with van der Waals surface area (Å²) in [6.07, 6.45) is 1.91. The summed E-state index contributed by atoms with van der Waals surface area (Å²) >= 11 is 0. The monoisotopic (exact) mass is 368 g/mol. The number of fused-ring (bicyclic) bond motifs is 1. The van der Waals surface area contributed by atoms with E-state index in [2.05, 4.69) is 22.6 Å². The second-order valence-corrected chi connectivity index (χ2v) is 7.36. The normalized spacial score (nSPS) is 20.7. The van der Waals surface area contributed by atoms with E-state index in [1.165, 1.54) is 12.1 Å². The number of halogens is 1. The molecule has 27 heavy (non-hydrogen) atoms. The molecule has 0 bridgehead atoms. The van der Waals surface area contributed by atoms with Crippen LogP contribution in [0.2, 0.25) is 0 Å². The molecule has 1 atom stereocenters. The summed E-state index contributed by atoms with van der Waals surface area (Å²) in [5.74, 6) is -0.273. The summed E-state index contributed by atoms with van der Waals surface area (Å²) in [6, 6.07) is 14.1. The fraction of sp³-hybridized carbons (Fsp3) is 0.381. The van der Waals surface area contributed by atoms with Gasteiger partial charge in [0.1, 0.15) is 5.82 Å². The number of rotatable bonds is 2. The first-order valence-corrected chi connectivity index (χ1v) is 9.48. The van der Waals surface area contributed by atoms with Crippen LogP contribution < -0.4 is 15.5 Å². The predicted octanol–water partition coefficient (Wildman–Crippen LogP) is 3.60. The smallest absolute Gasteiger partial charge is 0.322 e. The van der Waals surface area contributed by atoms with Gasteiger partial charge in [0.05, 0.1) is 17.4 Å². The van der Waals surface area contributed by atoms with Crippen LogP contribution in [0, 0.1) is 5.82 Å². The molecule has 0 aromatic heterocycles. The highest BCUT2D eigenvalue weighted by molar-refractivity contribution is 5.97. The summed E-state index contributed by atoms with van der Waals surface area (Å²) in [5, 5.41) is 6.62. The van der Waals surface area contributed by atoms with Crippen LogP contribution in [0.1, 0.15) is 24.4 Å². The van der Waals surface area contributed by atoms with E-state index in [9.17, 15) is 9.18 Å². The summed E-state index contributed by atoms with van der Waals surface area (Å²) < 4.78 is 13.4. The highest BCUT2D eigenvalue weighted by Gasteiger charge is 2.33. The van der Waals surface area contributed by atoms with E-state index in [1.807, 2.05) is 29.2 Å². The molecular formula is C21H25FN4O. The van der Waals surface area contributed by atoms with Crippen molar-refractivity contribution >= 4 is 17.4 Å². The Morgan fingerprint density at radius 1 is 1.11 bits per heavy atom. The maximum Gasteiger partial charge on any atom is 0.322 e. The minimum Gasteiger partial charge on any atom is -0.381 e. The van der Waals surface area contributed by atoms with Crippen molar-refractivity contribution in [2.75, 3.05) is 36.9 Å². The van der Waals surface area contributed by atoms with Gasteiger partial charge in [-0.25, -0.2) is 9.18 Å². The lowest BCUT2D eigenvalue weighted by atomic mass is 10.0. The third-order valence-corrected chi connectivity index (χ3v) is 5.48. The number of nitrogens with zero attached hydrogens (tertiary/aromatic N) is 2. The zero-order valence-corrected chi connectivity index (χ0v) is 15.5. The van der Waals surface area contributed by atoms with E-state index >= 15 is 0 Å². The van der Waals surface area contributed by atoms with Gasteiger partial charge in [0.15, 0.2) is 0 Å². The number of para-hydroxylation sites is 2. The standard InChI is InChI=1S/C21H25FN4O/c1-25-12-10-17(11-13-25)24-21(27)26-19-5-3-2-4-18(19)23-14-20(26)15-6-8-16(22)9-7-15/h2-9,17,20,23H,10-14H2,1H3,(H,24,27). The van der Waals surface area contributed by atoms with Crippen molar-refractivity contribution in [2.24, 2.45) is 0 Å². The fourth-order valence-corrected chi connectivity index (χ4v) is 3.90. The Morgan fingerprint density at radius 2 is 1.81 bits per heavy atom. The largest absolute Gasteiger partial charge is 0.381 e. The molecule has 5 nitrogen and oxygen atoms in total. The van der Waals surface area contributed by atoms with Crippen molar-refractivity contribution in [3.05, 3.63) is 59.9 Å². The van der Waals surface area contributed by atoms with Crippen molar-refractivity contribution in [3.63, 3.8) is 0 Å². The maximum atomic E-state index is 13.4. The van der Waals surface area contributed by atoms with E-state index in [0.717, 1.165) is 42.9 Å². The maximum absolute atomic E-state index is 13.4. The first kappa shape index (κ1) is 17.8. The van der Waals surface area contributed by atoms with Gasteiger partial charge in [-0.2, -0.15) is 0 Å². The Balaban J connectivity index is 1.61. The van der Waals surface area contributed by atoms with E-state index in [1.54, 1.807) is 12.1 Å². The first-order chi connectivity index (χ1) is 13.1. The summed E-state index contributed by atoms with van der Waals surface area (Å²) in [7, 11) is 2.11. The topological polar surface area (TPSA) is 47.6 Å². The lowest BCUT2D eigenvalue weighted by molar-refractivity contribution is 0.216. The number of hydrogen-bond acceptors (Lipinski definition) is 3. The number of carbonyl (C=O) groups excluding carboxylic acids is 1. The molecule has 2 aromatic carbocycles. The molecule has 0 saturated carbocycles. The molecule has 1 fully saturated rings.